The van der Waals surface area contributed by atoms with E-state index in [0.717, 1.165) is 45.4 Å². The number of hydrogen-bond donors (Lipinski definition) is 1. The van der Waals surface area contributed by atoms with Crippen LogP contribution in [0.1, 0.15) is 12.8 Å². The first kappa shape index (κ1) is 10.4. The van der Waals surface area contributed by atoms with Gasteiger partial charge in [-0.2, -0.15) is 0 Å². The maximum Gasteiger partial charge on any atom is 0.242 e. The van der Waals surface area contributed by atoms with Gasteiger partial charge in [0.05, 0.1) is 6.54 Å². The third-order valence-corrected chi connectivity index (χ3v) is 2.94. The van der Waals surface area contributed by atoms with E-state index in [0.29, 0.717) is 6.04 Å². The first-order valence-electron chi connectivity index (χ1n) is 5.51. The van der Waals surface area contributed by atoms with Gasteiger partial charge in [-0.15, -0.1) is 0 Å². The number of carbonyl (C=O) groups is 2. The Labute approximate surface area is 89.4 Å². The molecule has 0 aromatic carbocycles. The smallest absolute Gasteiger partial charge is 0.242 e. The summed E-state index contributed by atoms with van der Waals surface area (Å²) in [5, 5.41) is 3.19. The Kier molecular flexibility index (Phi) is 3.20. The van der Waals surface area contributed by atoms with E-state index in [9.17, 15) is 9.59 Å². The minimum Gasteiger partial charge on any atom is -0.339 e. The van der Waals surface area contributed by atoms with Crippen molar-refractivity contribution in [3.05, 3.63) is 0 Å². The molecule has 1 aliphatic heterocycles. The summed E-state index contributed by atoms with van der Waals surface area (Å²) < 4.78 is 0. The number of hydrogen-bond acceptors (Lipinski definition) is 3. The topological polar surface area (TPSA) is 52.7 Å². The maximum atomic E-state index is 11.8. The molecule has 1 N–H and O–H groups in total. The lowest BCUT2D eigenvalue weighted by molar-refractivity contribution is -0.136. The van der Waals surface area contributed by atoms with Gasteiger partial charge in [-0.05, 0) is 12.8 Å². The van der Waals surface area contributed by atoms with Crippen LogP contribution in [-0.4, -0.2) is 60.9 Å². The van der Waals surface area contributed by atoms with Crippen molar-refractivity contribution in [1.29, 1.82) is 0 Å². The van der Waals surface area contributed by atoms with Crippen molar-refractivity contribution >= 4 is 12.3 Å². The number of nitrogens with one attached hydrogen (secondary N) is 1. The Hall–Kier alpha value is -1.10. The summed E-state index contributed by atoms with van der Waals surface area (Å²) in [5.74, 6) is 0.0792. The molecule has 1 heterocycles. The molecule has 0 bridgehead atoms. The van der Waals surface area contributed by atoms with Crippen molar-refractivity contribution in [2.75, 3.05) is 32.7 Å². The first-order chi connectivity index (χ1) is 7.31. The second-order valence-electron chi connectivity index (χ2n) is 4.14. The molecule has 2 aliphatic rings. The number of carbonyl (C=O) groups excluding carboxylic acids is 2. The molecule has 2 rings (SSSR count). The van der Waals surface area contributed by atoms with Gasteiger partial charge in [0.25, 0.3) is 0 Å². The van der Waals surface area contributed by atoms with Crippen molar-refractivity contribution in [2.24, 2.45) is 0 Å². The van der Waals surface area contributed by atoms with E-state index < -0.39 is 0 Å². The van der Waals surface area contributed by atoms with Gasteiger partial charge in [-0.25, -0.2) is 0 Å². The average molecular weight is 211 g/mol. The van der Waals surface area contributed by atoms with Gasteiger partial charge in [0.1, 0.15) is 0 Å². The van der Waals surface area contributed by atoms with Crippen LogP contribution in [0.3, 0.4) is 0 Å². The second kappa shape index (κ2) is 4.61. The van der Waals surface area contributed by atoms with Crippen molar-refractivity contribution < 1.29 is 9.59 Å². The van der Waals surface area contributed by atoms with Crippen molar-refractivity contribution in [2.45, 2.75) is 18.9 Å². The molecule has 1 aliphatic carbocycles. The quantitative estimate of drug-likeness (QED) is 0.609. The predicted molar refractivity (Wildman–Crippen MR) is 55.2 cm³/mol. The molecule has 0 radical (unpaired) electrons. The van der Waals surface area contributed by atoms with Crippen LogP contribution in [0, 0.1) is 0 Å². The molecule has 84 valence electrons. The highest BCUT2D eigenvalue weighted by molar-refractivity contribution is 5.80. The number of nitrogens with zero attached hydrogens (tertiary/aromatic N) is 2. The third-order valence-electron chi connectivity index (χ3n) is 2.94. The molecule has 0 atom stereocenters. The zero-order valence-corrected chi connectivity index (χ0v) is 8.82. The summed E-state index contributed by atoms with van der Waals surface area (Å²) in [6.07, 6.45) is 2.90. The number of piperazine rings is 1. The Morgan fingerprint density at radius 1 is 1.40 bits per heavy atom. The van der Waals surface area contributed by atoms with Crippen LogP contribution in [0.25, 0.3) is 0 Å². The van der Waals surface area contributed by atoms with Gasteiger partial charge in [0.2, 0.25) is 12.3 Å². The summed E-state index contributed by atoms with van der Waals surface area (Å²) in [4.78, 5) is 26.0. The zero-order valence-electron chi connectivity index (χ0n) is 8.82. The van der Waals surface area contributed by atoms with Crippen molar-refractivity contribution in [1.82, 2.24) is 15.1 Å². The molecular weight excluding hydrogens is 194 g/mol. The average Bonchev–Trinajstić information content (AvgIpc) is 3.10. The van der Waals surface area contributed by atoms with E-state index >= 15 is 0 Å². The normalized spacial score (nSPS) is 21.2. The number of amides is 2. The van der Waals surface area contributed by atoms with Crippen LogP contribution in [-0.2, 0) is 9.59 Å². The third kappa shape index (κ3) is 2.68. The minimum atomic E-state index is 0.0792. The van der Waals surface area contributed by atoms with Crippen molar-refractivity contribution in [3.8, 4) is 0 Å². The molecule has 0 aromatic rings. The summed E-state index contributed by atoms with van der Waals surface area (Å²) in [5.41, 5.74) is 0. The SMILES string of the molecule is O=CN(CC(=O)N1CCNCC1)C1CC1. The van der Waals surface area contributed by atoms with Gasteiger partial charge >= 0.3 is 0 Å². The lowest BCUT2D eigenvalue weighted by Crippen LogP contribution is -2.49. The largest absolute Gasteiger partial charge is 0.339 e. The van der Waals surface area contributed by atoms with Gasteiger partial charge in [-0.1, -0.05) is 0 Å². The van der Waals surface area contributed by atoms with Crippen LogP contribution in [0.4, 0.5) is 0 Å². The zero-order chi connectivity index (χ0) is 10.7. The molecule has 5 nitrogen and oxygen atoms in total. The van der Waals surface area contributed by atoms with Crippen LogP contribution >= 0.6 is 0 Å². The van der Waals surface area contributed by atoms with Crippen LogP contribution in [0.5, 0.6) is 0 Å². The minimum absolute atomic E-state index is 0.0792. The van der Waals surface area contributed by atoms with E-state index in [4.69, 9.17) is 0 Å². The molecule has 1 saturated heterocycles. The Balaban J connectivity index is 1.81. The maximum absolute atomic E-state index is 11.8. The summed E-state index contributed by atoms with van der Waals surface area (Å²) in [6, 6.07) is 0.328. The van der Waals surface area contributed by atoms with Crippen molar-refractivity contribution in [3.63, 3.8) is 0 Å². The van der Waals surface area contributed by atoms with Gasteiger partial charge in [0, 0.05) is 32.2 Å². The van der Waals surface area contributed by atoms with Crippen LogP contribution in [0.2, 0.25) is 0 Å². The Morgan fingerprint density at radius 3 is 2.60 bits per heavy atom. The van der Waals surface area contributed by atoms with Crippen LogP contribution in [0.15, 0.2) is 0 Å². The van der Waals surface area contributed by atoms with E-state index in [-0.39, 0.29) is 12.5 Å². The van der Waals surface area contributed by atoms with Crippen LogP contribution < -0.4 is 5.32 Å². The molecule has 1 saturated carbocycles. The first-order valence-corrected chi connectivity index (χ1v) is 5.51. The highest BCUT2D eigenvalue weighted by Crippen LogP contribution is 2.25. The fourth-order valence-electron chi connectivity index (χ4n) is 1.83. The molecule has 15 heavy (non-hydrogen) atoms. The summed E-state index contributed by atoms with van der Waals surface area (Å²) in [7, 11) is 0. The molecule has 0 spiro atoms. The molecular formula is C10H17N3O2. The van der Waals surface area contributed by atoms with E-state index in [2.05, 4.69) is 5.32 Å². The van der Waals surface area contributed by atoms with Gasteiger partial charge in [0.15, 0.2) is 0 Å². The lowest BCUT2D eigenvalue weighted by atomic mass is 10.3. The lowest BCUT2D eigenvalue weighted by Gasteiger charge is -2.29. The molecule has 2 fully saturated rings. The standard InChI is InChI=1S/C10H17N3O2/c14-8-13(9-1-2-9)7-10(15)12-5-3-11-4-6-12/h8-9,11H,1-7H2. The number of rotatable bonds is 4. The predicted octanol–water partition coefficient (Wildman–Crippen LogP) is -0.961. The summed E-state index contributed by atoms with van der Waals surface area (Å²) in [6.45, 7) is 3.49. The highest BCUT2D eigenvalue weighted by atomic mass is 16.2. The molecule has 5 heteroatoms. The summed E-state index contributed by atoms with van der Waals surface area (Å²) >= 11 is 0. The fourth-order valence-corrected chi connectivity index (χ4v) is 1.83. The van der Waals surface area contributed by atoms with Gasteiger partial charge < -0.3 is 15.1 Å². The molecule has 0 aromatic heterocycles. The molecule has 0 unspecified atom stereocenters. The van der Waals surface area contributed by atoms with E-state index in [1.54, 1.807) is 4.90 Å². The van der Waals surface area contributed by atoms with Gasteiger partial charge in [-0.3, -0.25) is 9.59 Å². The Bertz CT molecular complexity index is 247. The molecule has 2 amide bonds. The monoisotopic (exact) mass is 211 g/mol. The Morgan fingerprint density at radius 2 is 2.07 bits per heavy atom. The van der Waals surface area contributed by atoms with E-state index in [1.807, 2.05) is 4.90 Å². The van der Waals surface area contributed by atoms with E-state index in [1.165, 1.54) is 0 Å². The highest BCUT2D eigenvalue weighted by Gasteiger charge is 2.30. The fraction of sp³-hybridized carbons (Fsp3) is 0.800. The second-order valence-corrected chi connectivity index (χ2v) is 4.14.